The monoisotopic (exact) mass is 656 g/mol. The highest BCUT2D eigenvalue weighted by atomic mass is 32.1. The van der Waals surface area contributed by atoms with Crippen LogP contribution in [-0.2, 0) is 18.0 Å². The molecule has 1 fully saturated rings. The van der Waals surface area contributed by atoms with Gasteiger partial charge in [0.2, 0.25) is 5.95 Å². The second-order valence-electron chi connectivity index (χ2n) is 11.8. The van der Waals surface area contributed by atoms with Crippen molar-refractivity contribution in [1.82, 2.24) is 14.5 Å². The summed E-state index contributed by atoms with van der Waals surface area (Å²) in [7, 11) is -6.14. The summed E-state index contributed by atoms with van der Waals surface area (Å²) in [4.78, 5) is 22.5. The molecule has 1 aliphatic heterocycles. The van der Waals surface area contributed by atoms with Gasteiger partial charge in [0.15, 0.2) is 36.8 Å². The van der Waals surface area contributed by atoms with Crippen LogP contribution < -0.4 is 10.6 Å². The topological polar surface area (TPSA) is 111 Å². The Hall–Kier alpha value is -0.939. The van der Waals surface area contributed by atoms with Crippen LogP contribution in [0.2, 0.25) is 54.4 Å². The molecule has 2 N–H and O–H groups in total. The fourth-order valence-corrected chi connectivity index (χ4v) is 15.7. The largest absolute Gasteiger partial charge is 0.414 e. The normalized spacial score (nSPS) is 22.0. The van der Waals surface area contributed by atoms with Crippen molar-refractivity contribution < 1.29 is 18.0 Å². The molecule has 0 saturated carbocycles. The van der Waals surface area contributed by atoms with Gasteiger partial charge in [-0.2, -0.15) is 4.98 Å². The molecular weight excluding hydrogens is 601 g/mol. The van der Waals surface area contributed by atoms with E-state index < -0.39 is 37.3 Å². The number of nitrogen functional groups attached to an aromatic ring is 1. The third-order valence-electron chi connectivity index (χ3n) is 10.3. The zero-order valence-electron chi connectivity index (χ0n) is 27.7. The van der Waals surface area contributed by atoms with Crippen molar-refractivity contribution in [3.8, 4) is 0 Å². The number of ether oxygens (including phenoxy) is 1. The van der Waals surface area contributed by atoms with Gasteiger partial charge in [-0.1, -0.05) is 73.7 Å². The molecule has 1 saturated heterocycles. The third-order valence-corrected chi connectivity index (χ3v) is 25.3. The first-order chi connectivity index (χ1) is 20.0. The maximum absolute atomic E-state index is 13.7. The number of rotatable bonds is 17. The van der Waals surface area contributed by atoms with E-state index in [1.54, 1.807) is 4.57 Å². The zero-order valence-corrected chi connectivity index (χ0v) is 31.6. The Bertz CT molecular complexity index is 1190. The van der Waals surface area contributed by atoms with E-state index in [1.807, 2.05) is 6.92 Å². The van der Waals surface area contributed by atoms with Gasteiger partial charge >= 0.3 is 4.87 Å². The zero-order chi connectivity index (χ0) is 31.3. The van der Waals surface area contributed by atoms with Crippen molar-refractivity contribution in [3.63, 3.8) is 0 Å². The molecule has 3 rings (SSSR count). The van der Waals surface area contributed by atoms with E-state index in [1.165, 1.54) is 0 Å². The number of thiazole rings is 1. The number of anilines is 1. The van der Waals surface area contributed by atoms with Gasteiger partial charge in [0.1, 0.15) is 18.3 Å². The molecule has 2 aromatic rings. The van der Waals surface area contributed by atoms with Crippen molar-refractivity contribution in [2.45, 2.75) is 148 Å². The molecule has 0 unspecified atom stereocenters. The Balaban J connectivity index is 2.23. The predicted molar refractivity (Wildman–Crippen MR) is 182 cm³/mol. The molecule has 0 aromatic carbocycles. The van der Waals surface area contributed by atoms with Crippen LogP contribution in [0.4, 0.5) is 5.95 Å². The predicted octanol–water partition coefficient (Wildman–Crippen LogP) is 7.44. The molecule has 1 aliphatic rings. The van der Waals surface area contributed by atoms with E-state index in [0.717, 1.165) is 70.4 Å². The number of aromatic nitrogens is 3. The highest BCUT2D eigenvalue weighted by Crippen LogP contribution is 2.42. The lowest BCUT2D eigenvalue weighted by molar-refractivity contribution is -0.0473. The van der Waals surface area contributed by atoms with Crippen LogP contribution in [0.3, 0.4) is 0 Å². The SMILES string of the molecule is CC[Si](CC)(CC)OC[C@H]1O[C@@H](n2c(=O)sc3c(C)nc(N)nc32)[C@H](O[Si](CC)(CC)CC)[C@@H]1O[Si](CC)(CC)CC. The standard InChI is InChI=1S/C29H56N4O5SSi3/c1-11-40(12-2,13-3)35-20-22-23(37-41(14-4,15-5)16-6)24(38-42(17-7,18-8)19-9)27(36-22)33-26-25(39-29(33)34)21(10)31-28(30)32-26/h22-24,27H,11-20H2,1-10H3,(H2,30,31,32)/t22-,23-,24-,27-/m1/s1. The molecule has 2 aromatic heterocycles. The van der Waals surface area contributed by atoms with E-state index in [4.69, 9.17) is 23.7 Å². The van der Waals surface area contributed by atoms with Crippen LogP contribution in [-0.4, -0.2) is 64.4 Å². The van der Waals surface area contributed by atoms with Crippen molar-refractivity contribution in [3.05, 3.63) is 15.4 Å². The number of nitrogens with two attached hydrogens (primary N) is 1. The molecular formula is C29H56N4O5SSi3. The first kappa shape index (κ1) is 35.5. The first-order valence-electron chi connectivity index (χ1n) is 16.3. The van der Waals surface area contributed by atoms with E-state index in [2.05, 4.69) is 72.3 Å². The van der Waals surface area contributed by atoms with Crippen LogP contribution >= 0.6 is 11.3 Å². The van der Waals surface area contributed by atoms with Crippen LogP contribution in [0.5, 0.6) is 0 Å². The molecule has 9 nitrogen and oxygen atoms in total. The van der Waals surface area contributed by atoms with Crippen molar-refractivity contribution >= 4 is 52.6 Å². The third kappa shape index (κ3) is 6.98. The first-order valence-corrected chi connectivity index (χ1v) is 24.7. The van der Waals surface area contributed by atoms with E-state index in [0.29, 0.717) is 17.9 Å². The minimum Gasteiger partial charge on any atom is -0.414 e. The molecule has 0 aliphatic carbocycles. The second kappa shape index (κ2) is 14.9. The summed E-state index contributed by atoms with van der Waals surface area (Å²) >= 11 is 1.14. The number of hydrogen-bond acceptors (Lipinski definition) is 9. The fourth-order valence-electron chi connectivity index (χ4n) is 6.51. The Morgan fingerprint density at radius 3 is 1.74 bits per heavy atom. The lowest BCUT2D eigenvalue weighted by Gasteiger charge is -2.40. The van der Waals surface area contributed by atoms with Gasteiger partial charge in [0.05, 0.1) is 17.0 Å². The van der Waals surface area contributed by atoms with Crippen molar-refractivity contribution in [2.24, 2.45) is 0 Å². The highest BCUT2D eigenvalue weighted by Gasteiger charge is 2.53. The average molecular weight is 657 g/mol. The quantitative estimate of drug-likeness (QED) is 0.175. The van der Waals surface area contributed by atoms with E-state index >= 15 is 0 Å². The molecule has 4 atom stereocenters. The Morgan fingerprint density at radius 2 is 1.26 bits per heavy atom. The number of fused-ring (bicyclic) bond motifs is 1. The molecule has 0 bridgehead atoms. The van der Waals surface area contributed by atoms with Crippen LogP contribution in [0.1, 0.15) is 74.2 Å². The Labute approximate surface area is 260 Å². The van der Waals surface area contributed by atoms with Gasteiger partial charge in [0.25, 0.3) is 0 Å². The summed E-state index contributed by atoms with van der Waals surface area (Å²) < 4.78 is 30.8. The lowest BCUT2D eigenvalue weighted by Crippen LogP contribution is -2.52. The van der Waals surface area contributed by atoms with Gasteiger partial charge in [-0.15, -0.1) is 0 Å². The van der Waals surface area contributed by atoms with Gasteiger partial charge in [-0.3, -0.25) is 9.36 Å². The molecule has 0 amide bonds. The molecule has 240 valence electrons. The molecule has 0 spiro atoms. The smallest absolute Gasteiger partial charge is 0.311 e. The number of aryl methyl sites for hydroxylation is 1. The Morgan fingerprint density at radius 1 is 0.786 bits per heavy atom. The summed E-state index contributed by atoms with van der Waals surface area (Å²) in [6.07, 6.45) is -1.83. The summed E-state index contributed by atoms with van der Waals surface area (Å²) in [5.74, 6) is 0.146. The number of hydrogen-bond donors (Lipinski definition) is 1. The Kier molecular flexibility index (Phi) is 12.6. The second-order valence-corrected chi connectivity index (χ2v) is 27.0. The maximum atomic E-state index is 13.7. The minimum absolute atomic E-state index is 0.145. The van der Waals surface area contributed by atoms with Crippen LogP contribution in [0, 0.1) is 6.92 Å². The van der Waals surface area contributed by atoms with Gasteiger partial charge < -0.3 is 23.7 Å². The minimum atomic E-state index is -2.15. The summed E-state index contributed by atoms with van der Waals surface area (Å²) in [6.45, 7) is 22.5. The fraction of sp³-hybridized carbons (Fsp3) is 0.828. The molecule has 3 heterocycles. The molecule has 13 heteroatoms. The van der Waals surface area contributed by atoms with E-state index in [-0.39, 0.29) is 23.0 Å². The molecule has 42 heavy (non-hydrogen) atoms. The maximum Gasteiger partial charge on any atom is 0.311 e. The van der Waals surface area contributed by atoms with Crippen molar-refractivity contribution in [1.29, 1.82) is 0 Å². The van der Waals surface area contributed by atoms with E-state index in [9.17, 15) is 4.79 Å². The summed E-state index contributed by atoms with van der Waals surface area (Å²) in [5, 5.41) is 0. The summed E-state index contributed by atoms with van der Waals surface area (Å²) in [6, 6.07) is 9.17. The van der Waals surface area contributed by atoms with Crippen LogP contribution in [0.15, 0.2) is 4.79 Å². The number of nitrogens with zero attached hydrogens (tertiary/aromatic N) is 3. The average Bonchev–Trinajstić information content (AvgIpc) is 3.51. The highest BCUT2D eigenvalue weighted by molar-refractivity contribution is 7.16. The van der Waals surface area contributed by atoms with Gasteiger partial charge in [0, 0.05) is 0 Å². The van der Waals surface area contributed by atoms with Crippen LogP contribution in [0.25, 0.3) is 10.3 Å². The molecule has 0 radical (unpaired) electrons. The van der Waals surface area contributed by atoms with Crippen molar-refractivity contribution in [2.75, 3.05) is 12.3 Å². The lowest BCUT2D eigenvalue weighted by atomic mass is 10.1. The summed E-state index contributed by atoms with van der Waals surface area (Å²) in [5.41, 5.74) is 7.31. The van der Waals surface area contributed by atoms with Gasteiger partial charge in [-0.05, 0) is 61.3 Å². The van der Waals surface area contributed by atoms with Gasteiger partial charge in [-0.25, -0.2) is 4.98 Å².